The number of nitrogens with one attached hydrogen (secondary N) is 1. The van der Waals surface area contributed by atoms with Gasteiger partial charge in [0.15, 0.2) is 0 Å². The zero-order valence-electron chi connectivity index (χ0n) is 11.0. The van der Waals surface area contributed by atoms with Crippen LogP contribution in [-0.4, -0.2) is 7.05 Å². The van der Waals surface area contributed by atoms with Crippen LogP contribution in [0.4, 0.5) is 8.78 Å². The van der Waals surface area contributed by atoms with Crippen LogP contribution in [-0.2, 0) is 12.8 Å². The first-order chi connectivity index (χ1) is 9.17. The molecular formula is C15H17F2NS. The summed E-state index contributed by atoms with van der Waals surface area (Å²) in [6, 6.07) is 6.02. The minimum atomic E-state index is -0.477. The number of aryl methyl sites for hydroxylation is 1. The normalized spacial score (nSPS) is 12.6. The Kier molecular flexibility index (Phi) is 4.66. The van der Waals surface area contributed by atoms with Crippen molar-refractivity contribution in [3.8, 4) is 0 Å². The molecule has 102 valence electrons. The monoisotopic (exact) mass is 281 g/mol. The van der Waals surface area contributed by atoms with Crippen LogP contribution in [0.5, 0.6) is 0 Å². The molecule has 0 amide bonds. The van der Waals surface area contributed by atoms with Crippen molar-refractivity contribution in [3.05, 3.63) is 57.3 Å². The van der Waals surface area contributed by atoms with Gasteiger partial charge >= 0.3 is 0 Å². The van der Waals surface area contributed by atoms with Gasteiger partial charge in [-0.05, 0) is 49.0 Å². The maximum Gasteiger partial charge on any atom is 0.129 e. The van der Waals surface area contributed by atoms with E-state index in [0.29, 0.717) is 6.42 Å². The summed E-state index contributed by atoms with van der Waals surface area (Å²) in [5.74, 6) is -0.954. The van der Waals surface area contributed by atoms with Crippen molar-refractivity contribution in [1.29, 1.82) is 0 Å². The molecule has 0 radical (unpaired) electrons. The van der Waals surface area contributed by atoms with E-state index in [4.69, 9.17) is 0 Å². The summed E-state index contributed by atoms with van der Waals surface area (Å²) in [5.41, 5.74) is 1.39. The summed E-state index contributed by atoms with van der Waals surface area (Å²) in [4.78, 5) is 1.16. The first-order valence-electron chi connectivity index (χ1n) is 6.33. The van der Waals surface area contributed by atoms with E-state index in [-0.39, 0.29) is 11.6 Å². The molecule has 1 N–H and O–H groups in total. The molecule has 2 aromatic rings. The molecule has 1 atom stereocenters. The Morgan fingerprint density at radius 3 is 2.47 bits per heavy atom. The molecule has 0 spiro atoms. The van der Waals surface area contributed by atoms with Crippen LogP contribution in [0.1, 0.15) is 29.0 Å². The standard InChI is InChI=1S/C15H17F2NS/c1-3-10-7-8-19-15(10)14(18-2)9-11-12(16)5-4-6-13(11)17/h4-8,14,18H,3,9H2,1-2H3. The van der Waals surface area contributed by atoms with E-state index >= 15 is 0 Å². The molecule has 0 fully saturated rings. The molecule has 0 saturated carbocycles. The highest BCUT2D eigenvalue weighted by molar-refractivity contribution is 7.10. The van der Waals surface area contributed by atoms with Crippen molar-refractivity contribution in [2.24, 2.45) is 0 Å². The largest absolute Gasteiger partial charge is 0.312 e. The van der Waals surface area contributed by atoms with Crippen LogP contribution in [0.25, 0.3) is 0 Å². The van der Waals surface area contributed by atoms with Gasteiger partial charge in [-0.2, -0.15) is 0 Å². The highest BCUT2D eigenvalue weighted by atomic mass is 32.1. The lowest BCUT2D eigenvalue weighted by atomic mass is 10.0. The Balaban J connectivity index is 2.29. The number of halogens is 2. The number of thiophene rings is 1. The van der Waals surface area contributed by atoms with E-state index in [1.807, 2.05) is 12.4 Å². The van der Waals surface area contributed by atoms with Crippen molar-refractivity contribution < 1.29 is 8.78 Å². The summed E-state index contributed by atoms with van der Waals surface area (Å²) >= 11 is 1.63. The quantitative estimate of drug-likeness (QED) is 0.870. The fourth-order valence-corrected chi connectivity index (χ4v) is 3.31. The number of hydrogen-bond donors (Lipinski definition) is 1. The van der Waals surface area contributed by atoms with Crippen molar-refractivity contribution in [2.45, 2.75) is 25.8 Å². The molecule has 1 aromatic carbocycles. The van der Waals surface area contributed by atoms with E-state index in [2.05, 4.69) is 18.3 Å². The van der Waals surface area contributed by atoms with Gasteiger partial charge in [0.1, 0.15) is 11.6 Å². The molecule has 4 heteroatoms. The topological polar surface area (TPSA) is 12.0 Å². The van der Waals surface area contributed by atoms with Gasteiger partial charge in [0.2, 0.25) is 0 Å². The maximum atomic E-state index is 13.7. The molecule has 1 nitrogen and oxygen atoms in total. The van der Waals surface area contributed by atoms with Crippen molar-refractivity contribution in [1.82, 2.24) is 5.32 Å². The predicted molar refractivity (Wildman–Crippen MR) is 75.6 cm³/mol. The second-order valence-electron chi connectivity index (χ2n) is 4.41. The molecule has 0 aliphatic rings. The number of hydrogen-bond acceptors (Lipinski definition) is 2. The minimum absolute atomic E-state index is 0.0543. The molecule has 19 heavy (non-hydrogen) atoms. The number of benzene rings is 1. The van der Waals surface area contributed by atoms with Crippen LogP contribution < -0.4 is 5.32 Å². The molecular weight excluding hydrogens is 264 g/mol. The third-order valence-electron chi connectivity index (χ3n) is 3.30. The van der Waals surface area contributed by atoms with Crippen molar-refractivity contribution >= 4 is 11.3 Å². The van der Waals surface area contributed by atoms with Gasteiger partial charge in [0.05, 0.1) is 0 Å². The predicted octanol–water partition coefficient (Wildman–Crippen LogP) is 4.09. The van der Waals surface area contributed by atoms with E-state index in [9.17, 15) is 8.78 Å². The second kappa shape index (κ2) is 6.26. The van der Waals surface area contributed by atoms with Crippen molar-refractivity contribution in [3.63, 3.8) is 0 Å². The Bertz CT molecular complexity index is 531. The summed E-state index contributed by atoms with van der Waals surface area (Å²) in [6.45, 7) is 2.09. The minimum Gasteiger partial charge on any atom is -0.312 e. The van der Waals surface area contributed by atoms with Crippen LogP contribution in [0, 0.1) is 11.6 Å². The summed E-state index contributed by atoms with van der Waals surface area (Å²) in [6.07, 6.45) is 1.25. The smallest absolute Gasteiger partial charge is 0.129 e. The van der Waals surface area contributed by atoms with Gasteiger partial charge in [-0.3, -0.25) is 0 Å². The molecule has 1 aromatic heterocycles. The van der Waals surface area contributed by atoms with Crippen LogP contribution in [0.3, 0.4) is 0 Å². The fourth-order valence-electron chi connectivity index (χ4n) is 2.20. The van der Waals surface area contributed by atoms with E-state index in [1.54, 1.807) is 11.3 Å². The summed E-state index contributed by atoms with van der Waals surface area (Å²) in [5, 5.41) is 5.18. The lowest BCUT2D eigenvalue weighted by Gasteiger charge is -2.17. The molecule has 2 rings (SSSR count). The third-order valence-corrected chi connectivity index (χ3v) is 4.37. The molecule has 1 unspecified atom stereocenters. The Morgan fingerprint density at radius 2 is 1.89 bits per heavy atom. The molecule has 0 aliphatic carbocycles. The lowest BCUT2D eigenvalue weighted by Crippen LogP contribution is -2.20. The zero-order chi connectivity index (χ0) is 13.8. The first kappa shape index (κ1) is 14.2. The second-order valence-corrected chi connectivity index (χ2v) is 5.36. The van der Waals surface area contributed by atoms with Gasteiger partial charge in [0, 0.05) is 16.5 Å². The Labute approximate surface area is 116 Å². The molecule has 0 aliphatic heterocycles. The molecule has 1 heterocycles. The zero-order valence-corrected chi connectivity index (χ0v) is 11.9. The van der Waals surface area contributed by atoms with Crippen LogP contribution >= 0.6 is 11.3 Å². The average molecular weight is 281 g/mol. The Hall–Kier alpha value is -1.26. The molecule has 0 saturated heterocycles. The Morgan fingerprint density at radius 1 is 1.21 bits per heavy atom. The highest BCUT2D eigenvalue weighted by Crippen LogP contribution is 2.29. The SMILES string of the molecule is CCc1ccsc1C(Cc1c(F)cccc1F)NC. The van der Waals surface area contributed by atoms with Gasteiger partial charge in [-0.15, -0.1) is 11.3 Å². The summed E-state index contributed by atoms with van der Waals surface area (Å²) in [7, 11) is 1.82. The van der Waals surface area contributed by atoms with Crippen LogP contribution in [0.2, 0.25) is 0 Å². The third kappa shape index (κ3) is 3.01. The van der Waals surface area contributed by atoms with E-state index < -0.39 is 11.6 Å². The first-order valence-corrected chi connectivity index (χ1v) is 7.21. The van der Waals surface area contributed by atoms with Crippen LogP contribution in [0.15, 0.2) is 29.6 Å². The molecule has 0 bridgehead atoms. The van der Waals surface area contributed by atoms with Crippen molar-refractivity contribution in [2.75, 3.05) is 7.05 Å². The average Bonchev–Trinajstić information content (AvgIpc) is 2.87. The number of rotatable bonds is 5. The highest BCUT2D eigenvalue weighted by Gasteiger charge is 2.19. The van der Waals surface area contributed by atoms with Gasteiger partial charge in [-0.25, -0.2) is 8.78 Å². The van der Waals surface area contributed by atoms with Gasteiger partial charge in [0.25, 0.3) is 0 Å². The lowest BCUT2D eigenvalue weighted by molar-refractivity contribution is 0.517. The summed E-state index contributed by atoms with van der Waals surface area (Å²) < 4.78 is 27.4. The number of likely N-dealkylation sites (N-methyl/N-ethyl adjacent to an activating group) is 1. The van der Waals surface area contributed by atoms with E-state index in [0.717, 1.165) is 11.3 Å². The fraction of sp³-hybridized carbons (Fsp3) is 0.333. The van der Waals surface area contributed by atoms with E-state index in [1.165, 1.54) is 23.8 Å². The van der Waals surface area contributed by atoms with Gasteiger partial charge < -0.3 is 5.32 Å². The van der Waals surface area contributed by atoms with Gasteiger partial charge in [-0.1, -0.05) is 13.0 Å². The maximum absolute atomic E-state index is 13.7.